The van der Waals surface area contributed by atoms with Crippen molar-refractivity contribution in [3.63, 3.8) is 0 Å². The zero-order valence-corrected chi connectivity index (χ0v) is 26.1. The average Bonchev–Trinajstić information content (AvgIpc) is 3.17. The zero-order valence-electron chi connectivity index (χ0n) is 26.1. The molecule has 48 heavy (non-hydrogen) atoms. The van der Waals surface area contributed by atoms with Crippen molar-refractivity contribution in [1.29, 1.82) is 0 Å². The Kier molecular flexibility index (Phi) is 6.80. The van der Waals surface area contributed by atoms with Gasteiger partial charge in [0.1, 0.15) is 0 Å². The van der Waals surface area contributed by atoms with Crippen LogP contribution in [0.4, 0.5) is 0 Å². The first-order valence-corrected chi connectivity index (χ1v) is 16.2. The summed E-state index contributed by atoms with van der Waals surface area (Å²) in [6, 6.07) is 61.9. The van der Waals surface area contributed by atoms with E-state index in [2.05, 4.69) is 146 Å². The number of aromatic nitrogens is 3. The van der Waals surface area contributed by atoms with Gasteiger partial charge in [-0.1, -0.05) is 152 Å². The minimum atomic E-state index is 0.651. The molecule has 0 aliphatic rings. The molecule has 0 saturated heterocycles. The van der Waals surface area contributed by atoms with Gasteiger partial charge in [0.25, 0.3) is 0 Å². The first-order chi connectivity index (χ1) is 23.7. The van der Waals surface area contributed by atoms with Gasteiger partial charge in [-0.25, -0.2) is 15.0 Å². The highest BCUT2D eigenvalue weighted by Gasteiger charge is 2.13. The first-order valence-electron chi connectivity index (χ1n) is 16.2. The van der Waals surface area contributed by atoms with Crippen molar-refractivity contribution < 1.29 is 0 Å². The standard InChI is InChI=1S/C45H29N3/c1-2-10-33(11-3-1)43-46-44(48-45(47-43)42-25-17-31-9-5-7-13-36(31)29-42)34-18-14-32(15-19-34)37-21-22-40-28-41(24-23-39(40)27-37)38-20-16-30-8-4-6-12-35(30)26-38/h1-29H. The maximum atomic E-state index is 4.98. The Morgan fingerprint density at radius 2 is 0.521 bits per heavy atom. The first kappa shape index (κ1) is 27.8. The lowest BCUT2D eigenvalue weighted by atomic mass is 9.96. The summed E-state index contributed by atoms with van der Waals surface area (Å²) in [6.07, 6.45) is 0. The second-order valence-corrected chi connectivity index (χ2v) is 12.2. The molecule has 0 aliphatic heterocycles. The van der Waals surface area contributed by atoms with Crippen molar-refractivity contribution in [2.45, 2.75) is 0 Å². The van der Waals surface area contributed by atoms with Crippen LogP contribution in [-0.4, -0.2) is 15.0 Å². The Hall–Kier alpha value is -6.45. The van der Waals surface area contributed by atoms with Gasteiger partial charge in [-0.2, -0.15) is 0 Å². The van der Waals surface area contributed by atoms with Gasteiger partial charge in [0, 0.05) is 16.7 Å². The Labute approximate surface area is 278 Å². The molecule has 3 heteroatoms. The number of hydrogen-bond acceptors (Lipinski definition) is 3. The summed E-state index contributed by atoms with van der Waals surface area (Å²) in [5.41, 5.74) is 7.64. The van der Waals surface area contributed by atoms with E-state index in [0.717, 1.165) is 27.6 Å². The highest BCUT2D eigenvalue weighted by atomic mass is 15.0. The van der Waals surface area contributed by atoms with Crippen LogP contribution in [0.15, 0.2) is 176 Å². The third-order valence-electron chi connectivity index (χ3n) is 9.07. The van der Waals surface area contributed by atoms with E-state index in [1.807, 2.05) is 30.3 Å². The number of nitrogens with zero attached hydrogens (tertiary/aromatic N) is 3. The minimum absolute atomic E-state index is 0.651. The molecule has 1 heterocycles. The van der Waals surface area contributed by atoms with Crippen molar-refractivity contribution >= 4 is 32.3 Å². The molecule has 0 aliphatic carbocycles. The van der Waals surface area contributed by atoms with E-state index in [4.69, 9.17) is 15.0 Å². The van der Waals surface area contributed by atoms with E-state index in [1.165, 1.54) is 43.6 Å². The van der Waals surface area contributed by atoms with Gasteiger partial charge < -0.3 is 0 Å². The lowest BCUT2D eigenvalue weighted by molar-refractivity contribution is 1.07. The number of benzene rings is 8. The second-order valence-electron chi connectivity index (χ2n) is 12.2. The van der Waals surface area contributed by atoms with Gasteiger partial charge in [-0.05, 0) is 78.8 Å². The molecule has 1 aromatic heterocycles. The van der Waals surface area contributed by atoms with E-state index in [0.29, 0.717) is 17.5 Å². The summed E-state index contributed by atoms with van der Waals surface area (Å²) < 4.78 is 0. The largest absolute Gasteiger partial charge is 0.208 e. The molecule has 0 atom stereocenters. The van der Waals surface area contributed by atoms with Crippen molar-refractivity contribution in [2.75, 3.05) is 0 Å². The summed E-state index contributed by atoms with van der Waals surface area (Å²) in [7, 11) is 0. The highest BCUT2D eigenvalue weighted by Crippen LogP contribution is 2.32. The second kappa shape index (κ2) is 11.7. The van der Waals surface area contributed by atoms with Crippen LogP contribution < -0.4 is 0 Å². The van der Waals surface area contributed by atoms with Crippen LogP contribution in [0.25, 0.3) is 88.7 Å². The van der Waals surface area contributed by atoms with Crippen molar-refractivity contribution in [3.8, 4) is 56.4 Å². The van der Waals surface area contributed by atoms with E-state index in [1.54, 1.807) is 0 Å². The smallest absolute Gasteiger partial charge is 0.164 e. The summed E-state index contributed by atoms with van der Waals surface area (Å²) >= 11 is 0. The SMILES string of the molecule is c1ccc(-c2nc(-c3ccc(-c4ccc5cc(-c6ccc7ccccc7c6)ccc5c4)cc3)nc(-c3ccc4ccccc4c3)n2)cc1. The topological polar surface area (TPSA) is 38.7 Å². The Morgan fingerprint density at radius 1 is 0.208 bits per heavy atom. The number of fused-ring (bicyclic) bond motifs is 3. The Balaban J connectivity index is 1.05. The minimum Gasteiger partial charge on any atom is -0.208 e. The third kappa shape index (κ3) is 5.28. The van der Waals surface area contributed by atoms with Gasteiger partial charge in [-0.15, -0.1) is 0 Å². The zero-order chi connectivity index (χ0) is 31.9. The van der Waals surface area contributed by atoms with E-state index in [9.17, 15) is 0 Å². The maximum absolute atomic E-state index is 4.98. The predicted molar refractivity (Wildman–Crippen MR) is 200 cm³/mol. The van der Waals surface area contributed by atoms with Crippen LogP contribution in [0.5, 0.6) is 0 Å². The van der Waals surface area contributed by atoms with Gasteiger partial charge >= 0.3 is 0 Å². The predicted octanol–water partition coefficient (Wildman–Crippen LogP) is 11.7. The quantitative estimate of drug-likeness (QED) is 0.194. The molecule has 9 rings (SSSR count). The van der Waals surface area contributed by atoms with Gasteiger partial charge in [-0.3, -0.25) is 0 Å². The van der Waals surface area contributed by atoms with Crippen LogP contribution in [-0.2, 0) is 0 Å². The van der Waals surface area contributed by atoms with Crippen LogP contribution in [0.2, 0.25) is 0 Å². The Bertz CT molecular complexity index is 2610. The van der Waals surface area contributed by atoms with E-state index >= 15 is 0 Å². The fourth-order valence-electron chi connectivity index (χ4n) is 6.46. The highest BCUT2D eigenvalue weighted by molar-refractivity contribution is 5.93. The molecule has 0 unspecified atom stereocenters. The fourth-order valence-corrected chi connectivity index (χ4v) is 6.46. The molecular formula is C45H29N3. The van der Waals surface area contributed by atoms with E-state index < -0.39 is 0 Å². The van der Waals surface area contributed by atoms with Gasteiger partial charge in [0.15, 0.2) is 17.5 Å². The molecule has 0 N–H and O–H groups in total. The molecule has 0 fully saturated rings. The molecule has 0 radical (unpaired) electrons. The lowest BCUT2D eigenvalue weighted by Gasteiger charge is -2.10. The van der Waals surface area contributed by atoms with Crippen LogP contribution in [0.3, 0.4) is 0 Å². The monoisotopic (exact) mass is 611 g/mol. The van der Waals surface area contributed by atoms with Crippen LogP contribution in [0, 0.1) is 0 Å². The van der Waals surface area contributed by atoms with Crippen molar-refractivity contribution in [2.24, 2.45) is 0 Å². The van der Waals surface area contributed by atoms with Crippen molar-refractivity contribution in [1.82, 2.24) is 15.0 Å². The van der Waals surface area contributed by atoms with Crippen LogP contribution >= 0.6 is 0 Å². The summed E-state index contributed by atoms with van der Waals surface area (Å²) in [5.74, 6) is 1.97. The van der Waals surface area contributed by atoms with Crippen molar-refractivity contribution in [3.05, 3.63) is 176 Å². The Morgan fingerprint density at radius 3 is 1.06 bits per heavy atom. The fraction of sp³-hybridized carbons (Fsp3) is 0. The molecule has 224 valence electrons. The van der Waals surface area contributed by atoms with Gasteiger partial charge in [0.05, 0.1) is 0 Å². The number of hydrogen-bond donors (Lipinski definition) is 0. The third-order valence-corrected chi connectivity index (χ3v) is 9.07. The van der Waals surface area contributed by atoms with E-state index in [-0.39, 0.29) is 0 Å². The molecule has 0 saturated carbocycles. The molecular weight excluding hydrogens is 583 g/mol. The molecule has 8 aromatic carbocycles. The molecule has 0 bridgehead atoms. The summed E-state index contributed by atoms with van der Waals surface area (Å²) in [6.45, 7) is 0. The lowest BCUT2D eigenvalue weighted by Crippen LogP contribution is -2.00. The molecule has 3 nitrogen and oxygen atoms in total. The summed E-state index contributed by atoms with van der Waals surface area (Å²) in [4.78, 5) is 14.8. The molecule has 9 aromatic rings. The summed E-state index contributed by atoms with van der Waals surface area (Å²) in [5, 5.41) is 7.30. The molecule has 0 spiro atoms. The normalized spacial score (nSPS) is 11.3. The average molecular weight is 612 g/mol. The van der Waals surface area contributed by atoms with Gasteiger partial charge in [0.2, 0.25) is 0 Å². The van der Waals surface area contributed by atoms with Crippen LogP contribution in [0.1, 0.15) is 0 Å². The molecule has 0 amide bonds. The number of rotatable bonds is 5. The maximum Gasteiger partial charge on any atom is 0.164 e.